The normalized spacial score (nSPS) is 23.2. The second kappa shape index (κ2) is 7.13. The fourth-order valence-corrected chi connectivity index (χ4v) is 5.32. The Hall–Kier alpha value is -0.560. The van der Waals surface area contributed by atoms with E-state index in [1.165, 1.54) is 6.42 Å². The standard InChI is InChI=1S/C15H24N2O2S2/c1-11-12(10-16)5-3-8-15(11)21(18,19)17-13-6-4-7-14(9-13)20-2/h3,5,8,13-14,17H,4,6-7,9-10,16H2,1-2H3. The molecule has 1 aromatic carbocycles. The molecule has 0 aromatic heterocycles. The number of benzene rings is 1. The first-order valence-electron chi connectivity index (χ1n) is 7.31. The lowest BCUT2D eigenvalue weighted by molar-refractivity contribution is 0.420. The molecule has 1 aliphatic rings. The highest BCUT2D eigenvalue weighted by molar-refractivity contribution is 7.99. The molecule has 1 aliphatic carbocycles. The van der Waals surface area contributed by atoms with Gasteiger partial charge in [-0.25, -0.2) is 13.1 Å². The highest BCUT2D eigenvalue weighted by Crippen LogP contribution is 2.28. The van der Waals surface area contributed by atoms with Crippen LogP contribution in [0, 0.1) is 6.92 Å². The number of nitrogens with two attached hydrogens (primary N) is 1. The molecule has 0 radical (unpaired) electrons. The van der Waals surface area contributed by atoms with E-state index in [4.69, 9.17) is 5.73 Å². The average Bonchev–Trinajstić information content (AvgIpc) is 2.47. The first-order chi connectivity index (χ1) is 9.97. The molecule has 118 valence electrons. The van der Waals surface area contributed by atoms with Crippen molar-refractivity contribution < 1.29 is 8.42 Å². The van der Waals surface area contributed by atoms with Crippen LogP contribution >= 0.6 is 11.8 Å². The van der Waals surface area contributed by atoms with E-state index in [1.54, 1.807) is 12.1 Å². The van der Waals surface area contributed by atoms with Crippen molar-refractivity contribution in [2.75, 3.05) is 6.26 Å². The Balaban J connectivity index is 2.19. The molecule has 6 heteroatoms. The van der Waals surface area contributed by atoms with Crippen LogP contribution in [0.2, 0.25) is 0 Å². The lowest BCUT2D eigenvalue weighted by Gasteiger charge is -2.28. The summed E-state index contributed by atoms with van der Waals surface area (Å²) in [5.74, 6) is 0. The SMILES string of the molecule is CSC1CCCC(NS(=O)(=O)c2cccc(CN)c2C)C1. The van der Waals surface area contributed by atoms with Crippen LogP contribution in [0.4, 0.5) is 0 Å². The minimum Gasteiger partial charge on any atom is -0.326 e. The third kappa shape index (κ3) is 4.00. The van der Waals surface area contributed by atoms with Gasteiger partial charge in [0.1, 0.15) is 0 Å². The van der Waals surface area contributed by atoms with Crippen LogP contribution < -0.4 is 10.5 Å². The summed E-state index contributed by atoms with van der Waals surface area (Å²) in [5, 5.41) is 0.558. The Morgan fingerprint density at radius 2 is 2.14 bits per heavy atom. The van der Waals surface area contributed by atoms with Crippen molar-refractivity contribution in [2.45, 2.75) is 55.3 Å². The summed E-state index contributed by atoms with van der Waals surface area (Å²) in [5.41, 5.74) is 7.30. The molecule has 0 aliphatic heterocycles. The minimum atomic E-state index is -3.47. The van der Waals surface area contributed by atoms with Gasteiger partial charge < -0.3 is 5.73 Å². The molecule has 4 nitrogen and oxygen atoms in total. The quantitative estimate of drug-likeness (QED) is 0.870. The highest BCUT2D eigenvalue weighted by Gasteiger charge is 2.27. The van der Waals surface area contributed by atoms with Crippen LogP contribution in [0.25, 0.3) is 0 Å². The minimum absolute atomic E-state index is 0.0436. The van der Waals surface area contributed by atoms with Gasteiger partial charge in [-0.1, -0.05) is 18.6 Å². The van der Waals surface area contributed by atoms with Crippen molar-refractivity contribution >= 4 is 21.8 Å². The summed E-state index contributed by atoms with van der Waals surface area (Å²) in [6.45, 7) is 2.18. The van der Waals surface area contributed by atoms with Crippen molar-refractivity contribution in [1.29, 1.82) is 0 Å². The predicted octanol–water partition coefficient (Wildman–Crippen LogP) is 2.41. The number of sulfonamides is 1. The van der Waals surface area contributed by atoms with Crippen molar-refractivity contribution in [1.82, 2.24) is 4.72 Å². The zero-order valence-electron chi connectivity index (χ0n) is 12.6. The van der Waals surface area contributed by atoms with Gasteiger partial charge in [0.2, 0.25) is 10.0 Å². The summed E-state index contributed by atoms with van der Waals surface area (Å²) in [7, 11) is -3.47. The third-order valence-corrected chi connectivity index (χ3v) is 6.95. The lowest BCUT2D eigenvalue weighted by Crippen LogP contribution is -2.39. The van der Waals surface area contributed by atoms with Crippen molar-refractivity contribution in [3.63, 3.8) is 0 Å². The van der Waals surface area contributed by atoms with Crippen LogP contribution in [0.1, 0.15) is 36.8 Å². The summed E-state index contributed by atoms with van der Waals surface area (Å²) >= 11 is 1.83. The molecule has 3 N–H and O–H groups in total. The Bertz CT molecular complexity index is 587. The fourth-order valence-electron chi connectivity index (χ4n) is 2.92. The van der Waals surface area contributed by atoms with E-state index in [2.05, 4.69) is 11.0 Å². The number of hydrogen-bond acceptors (Lipinski definition) is 4. The van der Waals surface area contributed by atoms with Crippen LogP contribution in [0.3, 0.4) is 0 Å². The van der Waals surface area contributed by atoms with Gasteiger partial charge in [0.15, 0.2) is 0 Å². The molecule has 2 rings (SSSR count). The molecule has 1 aromatic rings. The molecule has 0 heterocycles. The summed E-state index contributed by atoms with van der Waals surface area (Å²) in [6, 6.07) is 5.34. The van der Waals surface area contributed by atoms with E-state index >= 15 is 0 Å². The van der Waals surface area contributed by atoms with Crippen LogP contribution in [-0.2, 0) is 16.6 Å². The maximum atomic E-state index is 12.6. The topological polar surface area (TPSA) is 72.2 Å². The predicted molar refractivity (Wildman–Crippen MR) is 89.0 cm³/mol. The van der Waals surface area contributed by atoms with E-state index in [-0.39, 0.29) is 6.04 Å². The van der Waals surface area contributed by atoms with Gasteiger partial charge in [0.25, 0.3) is 0 Å². The maximum absolute atomic E-state index is 12.6. The smallest absolute Gasteiger partial charge is 0.241 e. The lowest BCUT2D eigenvalue weighted by atomic mass is 9.96. The molecule has 0 spiro atoms. The maximum Gasteiger partial charge on any atom is 0.241 e. The third-order valence-electron chi connectivity index (χ3n) is 4.19. The summed E-state index contributed by atoms with van der Waals surface area (Å²) in [6.07, 6.45) is 6.19. The summed E-state index contributed by atoms with van der Waals surface area (Å²) < 4.78 is 28.1. The molecule has 2 unspecified atom stereocenters. The molecule has 0 amide bonds. The van der Waals surface area contributed by atoms with Crippen LogP contribution in [0.15, 0.2) is 23.1 Å². The van der Waals surface area contributed by atoms with E-state index in [0.29, 0.717) is 16.7 Å². The van der Waals surface area contributed by atoms with E-state index in [0.717, 1.165) is 30.4 Å². The molecule has 1 saturated carbocycles. The average molecular weight is 329 g/mol. The number of rotatable bonds is 5. The van der Waals surface area contributed by atoms with Crippen molar-refractivity contribution in [3.8, 4) is 0 Å². The number of hydrogen-bond donors (Lipinski definition) is 2. The molecule has 2 atom stereocenters. The van der Waals surface area contributed by atoms with Crippen LogP contribution in [-0.4, -0.2) is 26.0 Å². The van der Waals surface area contributed by atoms with Crippen molar-refractivity contribution in [2.24, 2.45) is 5.73 Å². The first-order valence-corrected chi connectivity index (χ1v) is 10.1. The summed E-state index contributed by atoms with van der Waals surface area (Å²) in [4.78, 5) is 0.358. The molecule has 21 heavy (non-hydrogen) atoms. The molecular formula is C15H24N2O2S2. The van der Waals surface area contributed by atoms with Gasteiger partial charge in [-0.05, 0) is 49.6 Å². The molecule has 1 fully saturated rings. The van der Waals surface area contributed by atoms with Crippen molar-refractivity contribution in [3.05, 3.63) is 29.3 Å². The Labute approximate surface area is 131 Å². The highest BCUT2D eigenvalue weighted by atomic mass is 32.2. The van der Waals surface area contributed by atoms with Gasteiger partial charge in [-0.15, -0.1) is 0 Å². The Morgan fingerprint density at radius 1 is 1.38 bits per heavy atom. The Kier molecular flexibility index (Phi) is 5.71. The zero-order valence-corrected chi connectivity index (χ0v) is 14.3. The van der Waals surface area contributed by atoms with Gasteiger partial charge >= 0.3 is 0 Å². The Morgan fingerprint density at radius 3 is 2.81 bits per heavy atom. The van der Waals surface area contributed by atoms with E-state index in [9.17, 15) is 8.42 Å². The number of nitrogens with one attached hydrogen (secondary N) is 1. The van der Waals surface area contributed by atoms with Gasteiger partial charge in [0, 0.05) is 17.8 Å². The second-order valence-corrected chi connectivity index (χ2v) is 8.41. The largest absolute Gasteiger partial charge is 0.326 e. The monoisotopic (exact) mass is 328 g/mol. The molecule has 0 bridgehead atoms. The van der Waals surface area contributed by atoms with Gasteiger partial charge in [0.05, 0.1) is 4.90 Å². The first kappa shape index (κ1) is 16.8. The van der Waals surface area contributed by atoms with Gasteiger partial charge in [-0.2, -0.15) is 11.8 Å². The van der Waals surface area contributed by atoms with Crippen LogP contribution in [0.5, 0.6) is 0 Å². The van der Waals surface area contributed by atoms with E-state index < -0.39 is 10.0 Å². The molecule has 0 saturated heterocycles. The van der Waals surface area contributed by atoms with E-state index in [1.807, 2.05) is 24.8 Å². The molecular weight excluding hydrogens is 304 g/mol. The fraction of sp³-hybridized carbons (Fsp3) is 0.600. The zero-order chi connectivity index (χ0) is 15.5. The second-order valence-electron chi connectivity index (χ2n) is 5.59. The number of thioether (sulfide) groups is 1. The van der Waals surface area contributed by atoms with Gasteiger partial charge in [-0.3, -0.25) is 0 Å².